The van der Waals surface area contributed by atoms with Crippen molar-refractivity contribution in [3.63, 3.8) is 0 Å². The van der Waals surface area contributed by atoms with Crippen LogP contribution in [0.15, 0.2) is 35.1 Å². The van der Waals surface area contributed by atoms with Gasteiger partial charge in [0.05, 0.1) is 0 Å². The fourth-order valence-corrected chi connectivity index (χ4v) is 3.38. The minimum absolute atomic E-state index is 0.135. The van der Waals surface area contributed by atoms with Gasteiger partial charge in [-0.2, -0.15) is 0 Å². The molecule has 0 aromatic carbocycles. The van der Waals surface area contributed by atoms with Crippen molar-refractivity contribution in [2.24, 2.45) is 5.92 Å². The normalized spacial score (nSPS) is 27.1. The predicted octanol–water partition coefficient (Wildman–Crippen LogP) is 3.65. The number of unbranched alkanes of at least 4 members (excludes halogenated alkanes) is 2. The molecular formula is C20H28O4. The van der Waals surface area contributed by atoms with Crippen LogP contribution < -0.4 is 0 Å². The van der Waals surface area contributed by atoms with Gasteiger partial charge in [0.15, 0.2) is 5.78 Å². The van der Waals surface area contributed by atoms with Crippen LogP contribution in [0.2, 0.25) is 0 Å². The molecule has 1 heterocycles. The summed E-state index contributed by atoms with van der Waals surface area (Å²) in [7, 11) is 0. The highest BCUT2D eigenvalue weighted by Gasteiger charge is 2.46. The summed E-state index contributed by atoms with van der Waals surface area (Å²) < 4.78 is 5.55. The molecule has 0 aromatic heterocycles. The number of carbonyl (C=O) groups is 2. The molecule has 4 heteroatoms. The SMILES string of the molecule is C/C=C/C1=CC2=C(CO1)C(=O)[C@@](C)(O)[C@H](CC(=O)CCCCC)C2. The zero-order valence-electron chi connectivity index (χ0n) is 14.9. The first kappa shape index (κ1) is 18.7. The van der Waals surface area contributed by atoms with Crippen molar-refractivity contribution in [3.05, 3.63) is 35.1 Å². The van der Waals surface area contributed by atoms with Gasteiger partial charge < -0.3 is 9.84 Å². The molecule has 4 nitrogen and oxygen atoms in total. The Kier molecular flexibility index (Phi) is 6.16. The summed E-state index contributed by atoms with van der Waals surface area (Å²) in [4.78, 5) is 24.9. The van der Waals surface area contributed by atoms with Crippen LogP contribution >= 0.6 is 0 Å². The maximum absolute atomic E-state index is 12.7. The highest BCUT2D eigenvalue weighted by molar-refractivity contribution is 6.04. The van der Waals surface area contributed by atoms with Crippen molar-refractivity contribution in [1.29, 1.82) is 0 Å². The second-order valence-corrected chi connectivity index (χ2v) is 6.92. The fraction of sp³-hybridized carbons (Fsp3) is 0.600. The Morgan fingerprint density at radius 3 is 2.88 bits per heavy atom. The van der Waals surface area contributed by atoms with Crippen LogP contribution in [0.3, 0.4) is 0 Å². The lowest BCUT2D eigenvalue weighted by atomic mass is 9.70. The minimum atomic E-state index is -1.49. The van der Waals surface area contributed by atoms with Gasteiger partial charge in [-0.05, 0) is 44.4 Å². The van der Waals surface area contributed by atoms with Crippen LogP contribution in [0.1, 0.15) is 59.3 Å². The van der Waals surface area contributed by atoms with E-state index in [2.05, 4.69) is 6.92 Å². The quantitative estimate of drug-likeness (QED) is 0.723. The van der Waals surface area contributed by atoms with E-state index in [0.29, 0.717) is 18.4 Å². The zero-order valence-corrected chi connectivity index (χ0v) is 14.9. The number of allylic oxidation sites excluding steroid dienone is 4. The molecule has 0 amide bonds. The molecule has 0 radical (unpaired) electrons. The Morgan fingerprint density at radius 1 is 1.46 bits per heavy atom. The molecule has 0 spiro atoms. The summed E-state index contributed by atoms with van der Waals surface area (Å²) >= 11 is 0. The molecule has 0 unspecified atom stereocenters. The first-order valence-electron chi connectivity index (χ1n) is 8.88. The Balaban J connectivity index is 2.15. The molecule has 2 rings (SSSR count). The lowest BCUT2D eigenvalue weighted by Crippen LogP contribution is -2.49. The number of ether oxygens (including phenoxy) is 1. The lowest BCUT2D eigenvalue weighted by Gasteiger charge is -2.38. The van der Waals surface area contributed by atoms with Crippen LogP contribution in [0.4, 0.5) is 0 Å². The molecule has 0 aromatic rings. The molecule has 0 bridgehead atoms. The van der Waals surface area contributed by atoms with E-state index in [-0.39, 0.29) is 30.5 Å². The molecule has 132 valence electrons. The van der Waals surface area contributed by atoms with Gasteiger partial charge in [0.2, 0.25) is 0 Å². The average Bonchev–Trinajstić information content (AvgIpc) is 2.53. The smallest absolute Gasteiger partial charge is 0.194 e. The van der Waals surface area contributed by atoms with E-state index in [1.54, 1.807) is 0 Å². The monoisotopic (exact) mass is 332 g/mol. The molecule has 1 aliphatic heterocycles. The number of hydrogen-bond donors (Lipinski definition) is 1. The second kappa shape index (κ2) is 7.93. The highest BCUT2D eigenvalue weighted by Crippen LogP contribution is 2.40. The first-order chi connectivity index (χ1) is 11.4. The van der Waals surface area contributed by atoms with Crippen molar-refractivity contribution >= 4 is 11.6 Å². The van der Waals surface area contributed by atoms with Gasteiger partial charge in [-0.1, -0.05) is 25.8 Å². The van der Waals surface area contributed by atoms with E-state index in [1.165, 1.54) is 6.92 Å². The predicted molar refractivity (Wildman–Crippen MR) is 93.4 cm³/mol. The highest BCUT2D eigenvalue weighted by atomic mass is 16.5. The van der Waals surface area contributed by atoms with Crippen LogP contribution in [0, 0.1) is 5.92 Å². The summed E-state index contributed by atoms with van der Waals surface area (Å²) in [6.07, 6.45) is 9.91. The van der Waals surface area contributed by atoms with E-state index >= 15 is 0 Å². The number of ketones is 2. The molecule has 0 fully saturated rings. The van der Waals surface area contributed by atoms with Gasteiger partial charge in [0.25, 0.3) is 0 Å². The number of rotatable bonds is 7. The third-order valence-corrected chi connectivity index (χ3v) is 4.95. The summed E-state index contributed by atoms with van der Waals surface area (Å²) in [5.41, 5.74) is -0.0469. The lowest BCUT2D eigenvalue weighted by molar-refractivity contribution is -0.141. The van der Waals surface area contributed by atoms with Gasteiger partial charge in [-0.3, -0.25) is 9.59 Å². The minimum Gasteiger partial charge on any atom is -0.489 e. The summed E-state index contributed by atoms with van der Waals surface area (Å²) in [6, 6.07) is 0. The van der Waals surface area contributed by atoms with E-state index in [4.69, 9.17) is 4.74 Å². The maximum atomic E-state index is 12.7. The molecule has 1 N–H and O–H groups in total. The Bertz CT molecular complexity index is 593. The van der Waals surface area contributed by atoms with Crippen molar-refractivity contribution < 1.29 is 19.4 Å². The number of aliphatic hydroxyl groups is 1. The van der Waals surface area contributed by atoms with Gasteiger partial charge in [0.1, 0.15) is 23.8 Å². The van der Waals surface area contributed by atoms with Crippen LogP contribution in [0.5, 0.6) is 0 Å². The van der Waals surface area contributed by atoms with E-state index in [0.717, 1.165) is 30.6 Å². The Morgan fingerprint density at radius 2 is 2.21 bits per heavy atom. The number of carbonyl (C=O) groups excluding carboxylic acids is 2. The molecule has 1 aliphatic carbocycles. The van der Waals surface area contributed by atoms with Crippen molar-refractivity contribution in [2.75, 3.05) is 6.61 Å². The van der Waals surface area contributed by atoms with E-state index in [9.17, 15) is 14.7 Å². The van der Waals surface area contributed by atoms with Gasteiger partial charge in [-0.15, -0.1) is 0 Å². The molecule has 0 saturated heterocycles. The zero-order chi connectivity index (χ0) is 17.7. The van der Waals surface area contributed by atoms with Crippen LogP contribution in [-0.4, -0.2) is 28.9 Å². The van der Waals surface area contributed by atoms with E-state index in [1.807, 2.05) is 25.2 Å². The second-order valence-electron chi connectivity index (χ2n) is 6.92. The van der Waals surface area contributed by atoms with Gasteiger partial charge >= 0.3 is 0 Å². The maximum Gasteiger partial charge on any atom is 0.194 e. The largest absolute Gasteiger partial charge is 0.489 e. The van der Waals surface area contributed by atoms with Crippen molar-refractivity contribution in [3.8, 4) is 0 Å². The number of Topliss-reactive ketones (excluding diaryl/α,β-unsaturated/α-hetero) is 2. The van der Waals surface area contributed by atoms with Crippen molar-refractivity contribution in [1.82, 2.24) is 0 Å². The van der Waals surface area contributed by atoms with Gasteiger partial charge in [-0.25, -0.2) is 0 Å². The average molecular weight is 332 g/mol. The van der Waals surface area contributed by atoms with Crippen LogP contribution in [-0.2, 0) is 14.3 Å². The molecule has 2 aliphatic rings. The third kappa shape index (κ3) is 4.04. The molecule has 2 atom stereocenters. The Labute approximate surface area is 144 Å². The molecular weight excluding hydrogens is 304 g/mol. The third-order valence-electron chi connectivity index (χ3n) is 4.95. The standard InChI is InChI=1S/C20H28O4/c1-4-6-7-9-16(21)12-15-10-14-11-17(8-5-2)24-13-18(14)19(22)20(15,3)23/h5,8,11,15,23H,4,6-7,9-10,12-13H2,1-3H3/b8-5+/t15-,20-/m0/s1. The molecule has 24 heavy (non-hydrogen) atoms. The van der Waals surface area contributed by atoms with Gasteiger partial charge in [0, 0.05) is 24.3 Å². The number of hydrogen-bond acceptors (Lipinski definition) is 4. The first-order valence-corrected chi connectivity index (χ1v) is 8.88. The summed E-state index contributed by atoms with van der Waals surface area (Å²) in [5, 5.41) is 10.7. The summed E-state index contributed by atoms with van der Waals surface area (Å²) in [6.45, 7) is 5.73. The molecule has 0 saturated carbocycles. The topological polar surface area (TPSA) is 63.6 Å². The van der Waals surface area contributed by atoms with Crippen LogP contribution in [0.25, 0.3) is 0 Å². The van der Waals surface area contributed by atoms with E-state index < -0.39 is 5.60 Å². The summed E-state index contributed by atoms with van der Waals surface area (Å²) in [5.74, 6) is 0.193. The Hall–Kier alpha value is -1.68. The fourth-order valence-electron chi connectivity index (χ4n) is 3.38. The van der Waals surface area contributed by atoms with Crippen molar-refractivity contribution in [2.45, 2.75) is 64.9 Å².